The van der Waals surface area contributed by atoms with Crippen molar-refractivity contribution in [3.8, 4) is 0 Å². The van der Waals surface area contributed by atoms with E-state index < -0.39 is 0 Å². The first kappa shape index (κ1) is 15.4. The van der Waals surface area contributed by atoms with E-state index in [1.165, 1.54) is 12.0 Å². The van der Waals surface area contributed by atoms with Gasteiger partial charge in [0, 0.05) is 11.4 Å². The first-order valence-electron chi connectivity index (χ1n) is 7.30. The van der Waals surface area contributed by atoms with Crippen molar-refractivity contribution >= 4 is 27.0 Å². The molecule has 0 aliphatic rings. The highest BCUT2D eigenvalue weighted by atomic mass is 79.9. The average Bonchev–Trinajstić information content (AvgIpc) is 2.72. The number of nitrogens with zero attached hydrogens (tertiary/aromatic N) is 1. The Morgan fingerprint density at radius 1 is 1.30 bits per heavy atom. The predicted octanol–water partition coefficient (Wildman–Crippen LogP) is 4.88. The van der Waals surface area contributed by atoms with Crippen molar-refractivity contribution in [1.82, 2.24) is 4.57 Å². The summed E-state index contributed by atoms with van der Waals surface area (Å²) in [6.45, 7) is 7.22. The minimum absolute atomic E-state index is 0.257. The van der Waals surface area contributed by atoms with E-state index in [1.807, 2.05) is 12.1 Å². The van der Waals surface area contributed by atoms with Crippen molar-refractivity contribution < 1.29 is 4.42 Å². The van der Waals surface area contributed by atoms with Gasteiger partial charge in [0.05, 0.1) is 5.52 Å². The molecule has 1 heterocycles. The Hall–Kier alpha value is -1.03. The third kappa shape index (κ3) is 3.35. The van der Waals surface area contributed by atoms with Gasteiger partial charge in [-0.05, 0) is 42.9 Å². The van der Waals surface area contributed by atoms with E-state index in [0.717, 1.165) is 18.4 Å². The fourth-order valence-corrected chi connectivity index (χ4v) is 2.91. The Kier molecular flexibility index (Phi) is 5.08. The molecule has 0 saturated heterocycles. The monoisotopic (exact) mass is 339 g/mol. The molecule has 0 aliphatic heterocycles. The molecule has 1 aromatic carbocycles. The maximum Gasteiger partial charge on any atom is 0.419 e. The molecule has 0 spiro atoms. The predicted molar refractivity (Wildman–Crippen MR) is 86.5 cm³/mol. The van der Waals surface area contributed by atoms with Gasteiger partial charge in [-0.25, -0.2) is 4.79 Å². The van der Waals surface area contributed by atoms with Crippen LogP contribution in [0.25, 0.3) is 11.1 Å². The summed E-state index contributed by atoms with van der Waals surface area (Å²) in [7, 11) is 0. The molecule has 0 saturated carbocycles. The Labute approximate surface area is 128 Å². The van der Waals surface area contributed by atoms with Crippen LogP contribution in [0.4, 0.5) is 0 Å². The van der Waals surface area contributed by atoms with Gasteiger partial charge in [0.15, 0.2) is 5.58 Å². The maximum absolute atomic E-state index is 11.8. The van der Waals surface area contributed by atoms with Crippen molar-refractivity contribution in [2.75, 3.05) is 0 Å². The van der Waals surface area contributed by atoms with Crippen LogP contribution < -0.4 is 5.76 Å². The topological polar surface area (TPSA) is 35.1 Å². The van der Waals surface area contributed by atoms with Crippen LogP contribution in [-0.2, 0) is 6.54 Å². The van der Waals surface area contributed by atoms with Gasteiger partial charge in [-0.1, -0.05) is 42.8 Å². The summed E-state index contributed by atoms with van der Waals surface area (Å²) in [4.78, 5) is 12.1. The SMILES string of the molecule is CCCn1c(=O)oc2cc(C(Br)CCC(C)C)ccc21. The second-order valence-electron chi connectivity index (χ2n) is 5.69. The van der Waals surface area contributed by atoms with Crippen molar-refractivity contribution in [2.45, 2.75) is 51.4 Å². The number of hydrogen-bond acceptors (Lipinski definition) is 2. The smallest absolute Gasteiger partial charge is 0.408 e. The van der Waals surface area contributed by atoms with E-state index in [1.54, 1.807) is 4.57 Å². The van der Waals surface area contributed by atoms with Crippen LogP contribution in [0.1, 0.15) is 50.4 Å². The molecule has 2 aromatic rings. The number of oxazole rings is 1. The molecular formula is C16H22BrNO2. The Bertz CT molecular complexity index is 627. The fourth-order valence-electron chi connectivity index (χ4n) is 2.36. The average molecular weight is 340 g/mol. The van der Waals surface area contributed by atoms with E-state index >= 15 is 0 Å². The van der Waals surface area contributed by atoms with Gasteiger partial charge in [-0.15, -0.1) is 0 Å². The van der Waals surface area contributed by atoms with Gasteiger partial charge in [0.1, 0.15) is 0 Å². The molecule has 0 amide bonds. The number of rotatable bonds is 6. The highest BCUT2D eigenvalue weighted by molar-refractivity contribution is 9.09. The first-order chi connectivity index (χ1) is 9.52. The summed E-state index contributed by atoms with van der Waals surface area (Å²) in [5.41, 5.74) is 2.76. The van der Waals surface area contributed by atoms with Crippen molar-refractivity contribution in [3.63, 3.8) is 0 Å². The maximum atomic E-state index is 11.8. The lowest BCUT2D eigenvalue weighted by Crippen LogP contribution is -2.13. The van der Waals surface area contributed by atoms with Crippen molar-refractivity contribution in [1.29, 1.82) is 0 Å². The number of alkyl halides is 1. The number of benzene rings is 1. The van der Waals surface area contributed by atoms with Crippen LogP contribution in [0.5, 0.6) is 0 Å². The number of aromatic nitrogens is 1. The largest absolute Gasteiger partial charge is 0.419 e. The van der Waals surface area contributed by atoms with Crippen molar-refractivity contribution in [3.05, 3.63) is 34.3 Å². The molecule has 4 heteroatoms. The van der Waals surface area contributed by atoms with Crippen LogP contribution in [0, 0.1) is 5.92 Å². The normalized spacial score (nSPS) is 13.2. The third-order valence-corrected chi connectivity index (χ3v) is 4.49. The second-order valence-corrected chi connectivity index (χ2v) is 6.79. The molecule has 1 aromatic heterocycles. The zero-order valence-electron chi connectivity index (χ0n) is 12.4. The van der Waals surface area contributed by atoms with Crippen LogP contribution in [0.15, 0.2) is 27.4 Å². The Morgan fingerprint density at radius 2 is 2.05 bits per heavy atom. The third-order valence-electron chi connectivity index (χ3n) is 3.50. The molecule has 0 radical (unpaired) electrons. The van der Waals surface area contributed by atoms with Crippen LogP contribution in [0.3, 0.4) is 0 Å². The standard InChI is InChI=1S/C16H22BrNO2/c1-4-9-18-14-8-6-12(10-15(14)20-16(18)19)13(17)7-5-11(2)3/h6,8,10-11,13H,4-5,7,9H2,1-3H3. The quantitative estimate of drug-likeness (QED) is 0.703. The molecule has 2 rings (SSSR count). The lowest BCUT2D eigenvalue weighted by Gasteiger charge is -2.11. The summed E-state index contributed by atoms with van der Waals surface area (Å²) in [6, 6.07) is 6.07. The molecule has 3 nitrogen and oxygen atoms in total. The van der Waals surface area contributed by atoms with Gasteiger partial charge in [0.25, 0.3) is 0 Å². The van der Waals surface area contributed by atoms with Gasteiger partial charge in [0.2, 0.25) is 0 Å². The summed E-state index contributed by atoms with van der Waals surface area (Å²) >= 11 is 3.73. The van der Waals surface area contributed by atoms with E-state index in [2.05, 4.69) is 42.8 Å². The number of fused-ring (bicyclic) bond motifs is 1. The highest BCUT2D eigenvalue weighted by Crippen LogP contribution is 2.31. The summed E-state index contributed by atoms with van der Waals surface area (Å²) < 4.78 is 7.06. The van der Waals surface area contributed by atoms with Gasteiger partial charge >= 0.3 is 5.76 Å². The van der Waals surface area contributed by atoms with Gasteiger partial charge in [-0.3, -0.25) is 4.57 Å². The zero-order valence-corrected chi connectivity index (χ0v) is 13.9. The molecule has 0 bridgehead atoms. The minimum Gasteiger partial charge on any atom is -0.408 e. The minimum atomic E-state index is -0.257. The highest BCUT2D eigenvalue weighted by Gasteiger charge is 2.13. The molecule has 110 valence electrons. The van der Waals surface area contributed by atoms with E-state index in [-0.39, 0.29) is 5.76 Å². The summed E-state index contributed by atoms with van der Waals surface area (Å²) in [5.74, 6) is 0.439. The Morgan fingerprint density at radius 3 is 2.70 bits per heavy atom. The molecule has 0 aliphatic carbocycles. The number of aryl methyl sites for hydroxylation is 1. The second kappa shape index (κ2) is 6.61. The van der Waals surface area contributed by atoms with Gasteiger partial charge in [-0.2, -0.15) is 0 Å². The van der Waals surface area contributed by atoms with E-state index in [9.17, 15) is 4.79 Å². The van der Waals surface area contributed by atoms with Crippen LogP contribution in [-0.4, -0.2) is 4.57 Å². The summed E-state index contributed by atoms with van der Waals surface area (Å²) in [5, 5.41) is 0. The molecule has 1 atom stereocenters. The zero-order chi connectivity index (χ0) is 14.7. The Balaban J connectivity index is 2.28. The van der Waals surface area contributed by atoms with Crippen molar-refractivity contribution in [2.24, 2.45) is 5.92 Å². The fraction of sp³-hybridized carbons (Fsp3) is 0.562. The summed E-state index contributed by atoms with van der Waals surface area (Å²) in [6.07, 6.45) is 3.18. The molecule has 0 N–H and O–H groups in total. The lowest BCUT2D eigenvalue weighted by molar-refractivity contribution is 0.502. The number of halogens is 1. The lowest BCUT2D eigenvalue weighted by atomic mass is 10.0. The first-order valence-corrected chi connectivity index (χ1v) is 8.21. The van der Waals surface area contributed by atoms with Gasteiger partial charge < -0.3 is 4.42 Å². The van der Waals surface area contributed by atoms with E-state index in [0.29, 0.717) is 22.9 Å². The molecular weight excluding hydrogens is 318 g/mol. The molecule has 1 unspecified atom stereocenters. The molecule has 20 heavy (non-hydrogen) atoms. The molecule has 0 fully saturated rings. The van der Waals surface area contributed by atoms with Crippen LogP contribution >= 0.6 is 15.9 Å². The van der Waals surface area contributed by atoms with E-state index in [4.69, 9.17) is 4.42 Å². The van der Waals surface area contributed by atoms with Crippen LogP contribution in [0.2, 0.25) is 0 Å². The number of hydrogen-bond donors (Lipinski definition) is 0.